The van der Waals surface area contributed by atoms with E-state index in [4.69, 9.17) is 23.7 Å². The Labute approximate surface area is 288 Å². The Morgan fingerprint density at radius 2 is 1.40 bits per heavy atom. The molecule has 250 valence electrons. The molecule has 3 aromatic carbocycles. The molecule has 47 heavy (non-hydrogen) atoms. The van der Waals surface area contributed by atoms with Gasteiger partial charge in [0, 0.05) is 5.56 Å². The van der Waals surface area contributed by atoms with Crippen LogP contribution in [0.5, 0.6) is 17.2 Å². The van der Waals surface area contributed by atoms with E-state index in [-0.39, 0.29) is 58.0 Å². The molecule has 0 spiro atoms. The van der Waals surface area contributed by atoms with E-state index in [0.29, 0.717) is 23.3 Å². The Balaban J connectivity index is 0.884. The third-order valence-electron chi connectivity index (χ3n) is 10.1. The standard InChI is InChI=1S/C39H46IO7/c1-25-18-34(14-15-35(25)40-31-8-6-28(7-9-31)38(2,3)4)43-16-17-44-37(42)46-33-12-10-32(11-13-33)45-24-36(41)47-39(5)29-20-26-19-27(22-29)23-30(39)21-26/h6-15,18,26-27,29-30H,16-17,19-24H2,1-5H3/q+1. The predicted molar refractivity (Wildman–Crippen MR) is 175 cm³/mol. The zero-order chi connectivity index (χ0) is 33.2. The fraction of sp³-hybridized carbons (Fsp3) is 0.487. The van der Waals surface area contributed by atoms with Crippen molar-refractivity contribution in [1.29, 1.82) is 0 Å². The quantitative estimate of drug-likeness (QED) is 0.116. The van der Waals surface area contributed by atoms with Crippen LogP contribution in [0, 0.1) is 37.7 Å². The third-order valence-corrected chi connectivity index (χ3v) is 13.2. The van der Waals surface area contributed by atoms with Crippen LogP contribution in [0.4, 0.5) is 4.79 Å². The molecule has 0 aromatic heterocycles. The number of hydrogen-bond acceptors (Lipinski definition) is 7. The number of carbonyl (C=O) groups excluding carboxylic acids is 2. The number of ether oxygens (including phenoxy) is 5. The van der Waals surface area contributed by atoms with E-state index in [1.54, 1.807) is 24.3 Å². The molecule has 3 aromatic rings. The van der Waals surface area contributed by atoms with Crippen LogP contribution < -0.4 is 35.4 Å². The van der Waals surface area contributed by atoms with E-state index in [1.807, 2.05) is 12.1 Å². The Kier molecular flexibility index (Phi) is 10.1. The smallest absolute Gasteiger partial charge is 0.490 e. The second kappa shape index (κ2) is 14.1. The van der Waals surface area contributed by atoms with Gasteiger partial charge in [-0.2, -0.15) is 0 Å². The van der Waals surface area contributed by atoms with Crippen LogP contribution in [0.3, 0.4) is 0 Å². The average Bonchev–Trinajstić information content (AvgIpc) is 3.02. The van der Waals surface area contributed by atoms with Gasteiger partial charge in [0.1, 0.15) is 36.1 Å². The minimum Gasteiger partial charge on any atom is -0.490 e. The van der Waals surface area contributed by atoms with Gasteiger partial charge >= 0.3 is 33.3 Å². The number of aryl methyl sites for hydroxylation is 1. The third kappa shape index (κ3) is 8.24. The first kappa shape index (κ1) is 33.6. The molecule has 8 heteroatoms. The van der Waals surface area contributed by atoms with Gasteiger partial charge in [-0.1, -0.05) is 32.9 Å². The van der Waals surface area contributed by atoms with Gasteiger partial charge in [-0.05, 0) is 135 Å². The van der Waals surface area contributed by atoms with Crippen molar-refractivity contribution in [2.24, 2.45) is 23.7 Å². The molecule has 4 fully saturated rings. The van der Waals surface area contributed by atoms with Gasteiger partial charge in [-0.3, -0.25) is 0 Å². The molecule has 4 bridgehead atoms. The molecule has 7 nitrogen and oxygen atoms in total. The molecular formula is C39H46IO7+. The van der Waals surface area contributed by atoms with Crippen molar-refractivity contribution in [1.82, 2.24) is 0 Å². The maximum atomic E-state index is 12.7. The summed E-state index contributed by atoms with van der Waals surface area (Å²) in [5.41, 5.74) is 2.31. The highest BCUT2D eigenvalue weighted by Gasteiger charge is 2.57. The zero-order valence-electron chi connectivity index (χ0n) is 28.1. The van der Waals surface area contributed by atoms with Crippen molar-refractivity contribution in [3.8, 4) is 17.2 Å². The highest BCUT2D eigenvalue weighted by Crippen LogP contribution is 2.59. The number of hydrogen-bond donors (Lipinski definition) is 0. The number of carbonyl (C=O) groups is 2. The van der Waals surface area contributed by atoms with E-state index in [0.717, 1.165) is 17.6 Å². The van der Waals surface area contributed by atoms with Gasteiger partial charge in [0.05, 0.1) is 0 Å². The summed E-state index contributed by atoms with van der Waals surface area (Å²) >= 11 is -0.291. The monoisotopic (exact) mass is 753 g/mol. The van der Waals surface area contributed by atoms with Crippen LogP contribution >= 0.6 is 0 Å². The first-order valence-electron chi connectivity index (χ1n) is 16.7. The lowest BCUT2D eigenvalue weighted by molar-refractivity contribution is -0.598. The molecule has 7 rings (SSSR count). The van der Waals surface area contributed by atoms with Gasteiger partial charge in [-0.25, -0.2) is 9.59 Å². The second-order valence-electron chi connectivity index (χ2n) is 14.5. The largest absolute Gasteiger partial charge is 0.513 e. The summed E-state index contributed by atoms with van der Waals surface area (Å²) in [6.45, 7) is 11.0. The zero-order valence-corrected chi connectivity index (χ0v) is 30.2. The molecule has 0 heterocycles. The van der Waals surface area contributed by atoms with Crippen molar-refractivity contribution in [3.63, 3.8) is 0 Å². The van der Waals surface area contributed by atoms with Crippen LogP contribution in [0.25, 0.3) is 0 Å². The number of esters is 1. The molecular weight excluding hydrogens is 707 g/mol. The maximum absolute atomic E-state index is 12.7. The molecule has 0 aliphatic heterocycles. The highest BCUT2D eigenvalue weighted by molar-refractivity contribution is 5.72. The van der Waals surface area contributed by atoms with Gasteiger partial charge in [0.2, 0.25) is 0 Å². The molecule has 0 atom stereocenters. The highest BCUT2D eigenvalue weighted by atomic mass is 127. The molecule has 4 aliphatic rings. The Bertz CT molecular complexity index is 1530. The molecule has 0 amide bonds. The Morgan fingerprint density at radius 3 is 2.02 bits per heavy atom. The van der Waals surface area contributed by atoms with E-state index in [9.17, 15) is 9.59 Å². The van der Waals surface area contributed by atoms with Crippen LogP contribution in [-0.4, -0.2) is 37.5 Å². The lowest BCUT2D eigenvalue weighted by atomic mass is 9.50. The Hall–Kier alpha value is -3.27. The average molecular weight is 754 g/mol. The second-order valence-corrected chi connectivity index (χ2v) is 17.5. The number of benzene rings is 3. The van der Waals surface area contributed by atoms with Crippen molar-refractivity contribution < 1.29 is 54.5 Å². The van der Waals surface area contributed by atoms with Gasteiger partial charge in [-0.15, -0.1) is 0 Å². The van der Waals surface area contributed by atoms with E-state index in [2.05, 4.69) is 65.0 Å². The molecule has 0 unspecified atom stereocenters. The summed E-state index contributed by atoms with van der Waals surface area (Å²) in [5, 5.41) is 0. The van der Waals surface area contributed by atoms with E-state index in [1.165, 1.54) is 50.4 Å². The van der Waals surface area contributed by atoms with Crippen LogP contribution in [0.2, 0.25) is 0 Å². The lowest BCUT2D eigenvalue weighted by Crippen LogP contribution is -3.61. The SMILES string of the molecule is Cc1cc(OCCOC(=O)Oc2ccc(OCC(=O)OC3(C)C4CC5CC(C4)CC3C5)cc2)ccc1[I+]c1ccc(C(C)(C)C)cc1. The number of halogens is 1. The van der Waals surface area contributed by atoms with E-state index >= 15 is 0 Å². The molecule has 0 saturated heterocycles. The summed E-state index contributed by atoms with van der Waals surface area (Å²) in [5.74, 6) is 3.78. The summed E-state index contributed by atoms with van der Waals surface area (Å²) in [6, 6.07) is 21.6. The van der Waals surface area contributed by atoms with Crippen molar-refractivity contribution in [3.05, 3.63) is 85.0 Å². The fourth-order valence-corrected chi connectivity index (χ4v) is 9.99. The first-order chi connectivity index (χ1) is 22.4. The maximum Gasteiger partial charge on any atom is 0.513 e. The van der Waals surface area contributed by atoms with Crippen LogP contribution in [0.1, 0.15) is 70.9 Å². The van der Waals surface area contributed by atoms with Crippen molar-refractivity contribution in [2.75, 3.05) is 19.8 Å². The van der Waals surface area contributed by atoms with Gasteiger partial charge in [0.15, 0.2) is 13.7 Å². The summed E-state index contributed by atoms with van der Waals surface area (Å²) in [6.07, 6.45) is 5.25. The molecule has 0 N–H and O–H groups in total. The minimum atomic E-state index is -0.816. The van der Waals surface area contributed by atoms with E-state index < -0.39 is 6.16 Å². The van der Waals surface area contributed by atoms with Crippen LogP contribution in [0.15, 0.2) is 66.7 Å². The van der Waals surface area contributed by atoms with Crippen molar-refractivity contribution >= 4 is 12.1 Å². The first-order valence-corrected chi connectivity index (χ1v) is 18.9. The minimum absolute atomic E-state index is 0.0535. The topological polar surface area (TPSA) is 80.3 Å². The Morgan fingerprint density at radius 1 is 0.787 bits per heavy atom. The number of rotatable bonds is 11. The molecule has 0 radical (unpaired) electrons. The molecule has 4 aliphatic carbocycles. The van der Waals surface area contributed by atoms with Gasteiger partial charge in [0.25, 0.3) is 0 Å². The normalized spacial score (nSPS) is 24.4. The fourth-order valence-electron chi connectivity index (χ4n) is 7.66. The molecule has 4 saturated carbocycles. The van der Waals surface area contributed by atoms with Crippen molar-refractivity contribution in [2.45, 2.75) is 77.7 Å². The lowest BCUT2D eigenvalue weighted by Gasteiger charge is -2.59. The predicted octanol–water partition coefficient (Wildman–Crippen LogP) is 5.15. The van der Waals surface area contributed by atoms with Gasteiger partial charge < -0.3 is 23.7 Å². The van der Waals surface area contributed by atoms with Crippen LogP contribution in [-0.2, 0) is 19.7 Å². The summed E-state index contributed by atoms with van der Waals surface area (Å²) in [4.78, 5) is 24.9. The summed E-state index contributed by atoms with van der Waals surface area (Å²) < 4.78 is 30.8. The summed E-state index contributed by atoms with van der Waals surface area (Å²) in [7, 11) is 0.